The average Bonchev–Trinajstić information content (AvgIpc) is 2.33. The summed E-state index contributed by atoms with van der Waals surface area (Å²) in [4.78, 5) is 22.0. The fourth-order valence-corrected chi connectivity index (χ4v) is 2.11. The predicted octanol–water partition coefficient (Wildman–Crippen LogP) is 2.96. The average molecular weight is 332 g/mol. The topological polar surface area (TPSA) is 66.4 Å². The van der Waals surface area contributed by atoms with Gasteiger partial charge in [-0.1, -0.05) is 12.5 Å². The Labute approximate surface area is 119 Å². The van der Waals surface area contributed by atoms with Gasteiger partial charge in [0.1, 0.15) is 5.82 Å². The number of carbonyl (C=O) groups excluding carboxylic acids is 1. The van der Waals surface area contributed by atoms with Gasteiger partial charge in [0.25, 0.3) is 5.91 Å². The van der Waals surface area contributed by atoms with Crippen molar-refractivity contribution in [1.82, 2.24) is 5.32 Å². The molecule has 0 aliphatic heterocycles. The third kappa shape index (κ3) is 5.38. The third-order valence-corrected chi connectivity index (χ3v) is 3.20. The normalized spacial score (nSPS) is 10.2. The number of rotatable bonds is 7. The molecule has 0 saturated heterocycles. The van der Waals surface area contributed by atoms with Crippen molar-refractivity contribution >= 4 is 27.8 Å². The van der Waals surface area contributed by atoms with E-state index in [1.165, 1.54) is 12.1 Å². The van der Waals surface area contributed by atoms with Crippen LogP contribution < -0.4 is 5.32 Å². The van der Waals surface area contributed by atoms with Crippen LogP contribution in [0.15, 0.2) is 22.7 Å². The van der Waals surface area contributed by atoms with E-state index in [0.29, 0.717) is 30.3 Å². The Kier molecular flexibility index (Phi) is 6.49. The predicted molar refractivity (Wildman–Crippen MR) is 72.5 cm³/mol. The highest BCUT2D eigenvalue weighted by Gasteiger charge is 2.14. The van der Waals surface area contributed by atoms with Crippen LogP contribution in [0.3, 0.4) is 0 Å². The van der Waals surface area contributed by atoms with E-state index in [2.05, 4.69) is 21.2 Å². The van der Waals surface area contributed by atoms with E-state index in [1.54, 1.807) is 6.07 Å². The van der Waals surface area contributed by atoms with E-state index in [0.717, 1.165) is 0 Å². The Balaban J connectivity index is 2.34. The molecule has 1 amide bonds. The van der Waals surface area contributed by atoms with Gasteiger partial charge in [-0.2, -0.15) is 0 Å². The van der Waals surface area contributed by atoms with Crippen LogP contribution in [0.2, 0.25) is 0 Å². The summed E-state index contributed by atoms with van der Waals surface area (Å²) in [6, 6.07) is 4.35. The molecule has 4 nitrogen and oxygen atoms in total. The summed E-state index contributed by atoms with van der Waals surface area (Å²) in [5.41, 5.74) is -0.00645. The molecule has 104 valence electrons. The molecule has 1 aromatic carbocycles. The number of hydrogen-bond acceptors (Lipinski definition) is 2. The number of hydrogen-bond donors (Lipinski definition) is 2. The monoisotopic (exact) mass is 331 g/mol. The number of nitrogens with one attached hydrogen (secondary N) is 1. The summed E-state index contributed by atoms with van der Waals surface area (Å²) >= 11 is 3.13. The van der Waals surface area contributed by atoms with Gasteiger partial charge in [-0.3, -0.25) is 9.59 Å². The van der Waals surface area contributed by atoms with Gasteiger partial charge in [0.15, 0.2) is 0 Å². The van der Waals surface area contributed by atoms with Gasteiger partial charge in [-0.15, -0.1) is 0 Å². The van der Waals surface area contributed by atoms with Crippen molar-refractivity contribution in [2.45, 2.75) is 25.7 Å². The smallest absolute Gasteiger partial charge is 0.303 e. The number of halogens is 2. The van der Waals surface area contributed by atoms with Crippen molar-refractivity contribution in [3.05, 3.63) is 34.1 Å². The Morgan fingerprint density at radius 3 is 2.63 bits per heavy atom. The number of amides is 1. The molecule has 0 aliphatic carbocycles. The van der Waals surface area contributed by atoms with E-state index in [-0.39, 0.29) is 12.0 Å². The highest BCUT2D eigenvalue weighted by molar-refractivity contribution is 9.10. The quantitative estimate of drug-likeness (QED) is 0.755. The Morgan fingerprint density at radius 1 is 1.26 bits per heavy atom. The molecule has 0 aromatic heterocycles. The second-order valence-corrected chi connectivity index (χ2v) is 4.91. The van der Waals surface area contributed by atoms with Crippen LogP contribution in [0.5, 0.6) is 0 Å². The van der Waals surface area contributed by atoms with Crippen LogP contribution >= 0.6 is 15.9 Å². The molecule has 0 spiro atoms. The van der Waals surface area contributed by atoms with Gasteiger partial charge >= 0.3 is 5.97 Å². The fraction of sp³-hybridized carbons (Fsp3) is 0.385. The number of unbranched alkanes of at least 4 members (excludes halogenated alkanes) is 2. The zero-order valence-electron chi connectivity index (χ0n) is 10.3. The van der Waals surface area contributed by atoms with Crippen molar-refractivity contribution < 1.29 is 19.1 Å². The molecule has 0 saturated carbocycles. The van der Waals surface area contributed by atoms with E-state index in [9.17, 15) is 14.0 Å². The van der Waals surface area contributed by atoms with Crippen molar-refractivity contribution in [1.29, 1.82) is 0 Å². The van der Waals surface area contributed by atoms with E-state index in [4.69, 9.17) is 5.11 Å². The lowest BCUT2D eigenvalue weighted by atomic mass is 10.1. The van der Waals surface area contributed by atoms with Gasteiger partial charge in [0.05, 0.1) is 5.56 Å². The van der Waals surface area contributed by atoms with Gasteiger partial charge in [-0.25, -0.2) is 4.39 Å². The van der Waals surface area contributed by atoms with Crippen LogP contribution in [0, 0.1) is 5.82 Å². The van der Waals surface area contributed by atoms with Crippen LogP contribution in [0.1, 0.15) is 36.0 Å². The lowest BCUT2D eigenvalue weighted by Gasteiger charge is -2.07. The molecule has 0 aliphatic rings. The van der Waals surface area contributed by atoms with E-state index >= 15 is 0 Å². The molecule has 0 heterocycles. The number of carboxylic acid groups (broad SMARTS) is 1. The SMILES string of the molecule is O=C(O)CCCCCNC(=O)c1c(F)cccc1Br. The molecule has 19 heavy (non-hydrogen) atoms. The molecular weight excluding hydrogens is 317 g/mol. The van der Waals surface area contributed by atoms with Gasteiger partial charge in [0.2, 0.25) is 0 Å². The summed E-state index contributed by atoms with van der Waals surface area (Å²) < 4.78 is 13.9. The van der Waals surface area contributed by atoms with Gasteiger partial charge in [0, 0.05) is 17.4 Å². The van der Waals surface area contributed by atoms with Crippen LogP contribution in [-0.4, -0.2) is 23.5 Å². The Bertz CT molecular complexity index is 445. The maximum absolute atomic E-state index is 13.5. The van der Waals surface area contributed by atoms with E-state index in [1.807, 2.05) is 0 Å². The minimum Gasteiger partial charge on any atom is -0.481 e. The maximum atomic E-state index is 13.5. The maximum Gasteiger partial charge on any atom is 0.303 e. The van der Waals surface area contributed by atoms with Crippen molar-refractivity contribution in [2.75, 3.05) is 6.54 Å². The zero-order chi connectivity index (χ0) is 14.3. The highest BCUT2D eigenvalue weighted by Crippen LogP contribution is 2.19. The molecule has 1 aromatic rings. The standard InChI is InChI=1S/C13H15BrFNO3/c14-9-5-4-6-10(15)12(9)13(19)16-8-3-1-2-7-11(17)18/h4-6H,1-3,7-8H2,(H,16,19)(H,17,18). The van der Waals surface area contributed by atoms with Crippen molar-refractivity contribution in [3.8, 4) is 0 Å². The molecule has 0 radical (unpaired) electrons. The molecule has 0 atom stereocenters. The Morgan fingerprint density at radius 2 is 2.00 bits per heavy atom. The summed E-state index contributed by atoms with van der Waals surface area (Å²) in [6.07, 6.45) is 2.09. The lowest BCUT2D eigenvalue weighted by molar-refractivity contribution is -0.137. The number of aliphatic carboxylic acids is 1. The minimum atomic E-state index is -0.820. The zero-order valence-corrected chi connectivity index (χ0v) is 11.9. The molecule has 0 bridgehead atoms. The molecule has 2 N–H and O–H groups in total. The second kappa shape index (κ2) is 7.89. The number of benzene rings is 1. The second-order valence-electron chi connectivity index (χ2n) is 4.06. The molecule has 6 heteroatoms. The van der Waals surface area contributed by atoms with Crippen LogP contribution in [0.25, 0.3) is 0 Å². The molecule has 1 rings (SSSR count). The van der Waals surface area contributed by atoms with Crippen LogP contribution in [-0.2, 0) is 4.79 Å². The summed E-state index contributed by atoms with van der Waals surface area (Å²) in [5, 5.41) is 11.1. The highest BCUT2D eigenvalue weighted by atomic mass is 79.9. The Hall–Kier alpha value is -1.43. The van der Waals surface area contributed by atoms with E-state index < -0.39 is 17.7 Å². The summed E-state index contributed by atoms with van der Waals surface area (Å²) in [7, 11) is 0. The fourth-order valence-electron chi connectivity index (χ4n) is 1.58. The van der Waals surface area contributed by atoms with Gasteiger partial charge in [-0.05, 0) is 40.9 Å². The molecule has 0 unspecified atom stereocenters. The van der Waals surface area contributed by atoms with Gasteiger partial charge < -0.3 is 10.4 Å². The summed E-state index contributed by atoms with van der Waals surface area (Å²) in [6.45, 7) is 0.402. The number of carboxylic acids is 1. The lowest BCUT2D eigenvalue weighted by Crippen LogP contribution is -2.25. The minimum absolute atomic E-state index is 0.00645. The first kappa shape index (κ1) is 15.6. The van der Waals surface area contributed by atoms with Crippen molar-refractivity contribution in [2.24, 2.45) is 0 Å². The number of carbonyl (C=O) groups is 2. The summed E-state index contributed by atoms with van der Waals surface area (Å²) in [5.74, 6) is -1.86. The molecular formula is C13H15BrFNO3. The first-order valence-electron chi connectivity index (χ1n) is 5.96. The largest absolute Gasteiger partial charge is 0.481 e. The van der Waals surface area contributed by atoms with Crippen molar-refractivity contribution in [3.63, 3.8) is 0 Å². The van der Waals surface area contributed by atoms with Crippen LogP contribution in [0.4, 0.5) is 4.39 Å². The first-order valence-corrected chi connectivity index (χ1v) is 6.75. The third-order valence-electron chi connectivity index (χ3n) is 2.54. The molecule has 0 fully saturated rings. The first-order chi connectivity index (χ1) is 9.02.